The van der Waals surface area contributed by atoms with Crippen LogP contribution >= 0.6 is 11.8 Å². The fourth-order valence-electron chi connectivity index (χ4n) is 4.44. The summed E-state index contributed by atoms with van der Waals surface area (Å²) >= 11 is 1.63. The maximum absolute atomic E-state index is 6.57. The van der Waals surface area contributed by atoms with Crippen molar-refractivity contribution in [2.45, 2.75) is 4.90 Å². The molecular formula is C40H26N4O2Pt2S+2. The third-order valence-electron chi connectivity index (χ3n) is 6.66. The predicted molar refractivity (Wildman–Crippen MR) is 181 cm³/mol. The van der Waals surface area contributed by atoms with Crippen LogP contribution in [0.3, 0.4) is 0 Å². The van der Waals surface area contributed by atoms with E-state index < -0.39 is 0 Å². The quantitative estimate of drug-likeness (QED) is 0.0665. The van der Waals surface area contributed by atoms with Gasteiger partial charge in [0.2, 0.25) is 6.20 Å². The van der Waals surface area contributed by atoms with Gasteiger partial charge in [0.25, 0.3) is 6.20 Å². The van der Waals surface area contributed by atoms with Crippen molar-refractivity contribution in [1.82, 2.24) is 9.55 Å². The number of rotatable bonds is 8. The second kappa shape index (κ2) is 18.2. The molecule has 1 aliphatic heterocycles. The van der Waals surface area contributed by atoms with E-state index in [1.54, 1.807) is 34.9 Å². The van der Waals surface area contributed by atoms with Crippen LogP contribution in [0.25, 0.3) is 22.4 Å². The Balaban J connectivity index is 0.000000537. The molecule has 9 heteroatoms. The number of aromatic nitrogens is 2. The van der Waals surface area contributed by atoms with E-state index in [0.29, 0.717) is 23.0 Å². The van der Waals surface area contributed by atoms with Gasteiger partial charge in [-0.05, 0) is 18.4 Å². The first-order valence-electron chi connectivity index (χ1n) is 14.5. The van der Waals surface area contributed by atoms with Crippen LogP contribution in [0.2, 0.25) is 0 Å². The second-order valence-electron chi connectivity index (χ2n) is 9.98. The van der Waals surface area contributed by atoms with Crippen LogP contribution in [0.1, 0.15) is 0 Å². The zero-order chi connectivity index (χ0) is 32.4. The molecule has 0 N–H and O–H groups in total. The molecule has 49 heavy (non-hydrogen) atoms. The molecule has 1 aliphatic rings. The van der Waals surface area contributed by atoms with E-state index in [2.05, 4.69) is 47.4 Å². The number of para-hydroxylation sites is 1. The Morgan fingerprint density at radius 1 is 0.796 bits per heavy atom. The van der Waals surface area contributed by atoms with Gasteiger partial charge in [-0.15, -0.1) is 47.7 Å². The maximum Gasteiger partial charge on any atom is 4.00 e. The minimum Gasteiger partial charge on any atom is -0.669 e. The molecule has 242 valence electrons. The largest absolute Gasteiger partial charge is 4.00 e. The van der Waals surface area contributed by atoms with Crippen molar-refractivity contribution in [2.24, 2.45) is 0 Å². The fraction of sp³-hybridized carbons (Fsp3) is 0.0500. The molecule has 0 unspecified atom stereocenters. The molecule has 0 saturated heterocycles. The Hall–Kier alpha value is -4.68. The van der Waals surface area contributed by atoms with Gasteiger partial charge in [-0.1, -0.05) is 50.2 Å². The van der Waals surface area contributed by atoms with Crippen molar-refractivity contribution in [3.05, 3.63) is 159 Å². The van der Waals surface area contributed by atoms with Gasteiger partial charge in [-0.25, -0.2) is 24.2 Å². The molecule has 0 saturated carbocycles. The molecule has 0 atom stereocenters. The molecule has 0 fully saturated rings. The molecule has 3 heterocycles. The smallest absolute Gasteiger partial charge is 0.669 e. The summed E-state index contributed by atoms with van der Waals surface area (Å²) in [5.74, 6) is 2.40. The van der Waals surface area contributed by atoms with E-state index in [0.717, 1.165) is 33.0 Å². The monoisotopic (exact) mass is 1020 g/mol. The van der Waals surface area contributed by atoms with Crippen molar-refractivity contribution < 1.29 is 60.8 Å². The second-order valence-corrected chi connectivity index (χ2v) is 10.9. The van der Waals surface area contributed by atoms with Crippen LogP contribution in [0, 0.1) is 42.8 Å². The molecule has 7 rings (SSSR count). The molecule has 0 aliphatic carbocycles. The van der Waals surface area contributed by atoms with Crippen molar-refractivity contribution in [3.8, 4) is 51.4 Å². The van der Waals surface area contributed by atoms with Gasteiger partial charge in [0.15, 0.2) is 7.05 Å². The SMILES string of the molecule is CSc1cc(Oc2[c-]c([N+]3=C=[N+](C)C=C3)ccc2)[c-]c(-c2cc(-c3[c-]c(Oc4[c-]cccc4)ccc3)[c-]cn2)c1.[C-]#Cn1cccc1.[Pt+2].[Pt+4]. The van der Waals surface area contributed by atoms with Crippen LogP contribution in [0.4, 0.5) is 5.69 Å². The third kappa shape index (κ3) is 10.2. The zero-order valence-electron chi connectivity index (χ0n) is 26.2. The summed E-state index contributed by atoms with van der Waals surface area (Å²) in [6.07, 6.45) is 17.6. The van der Waals surface area contributed by atoms with E-state index in [-0.39, 0.29) is 42.1 Å². The number of benzene rings is 4. The minimum absolute atomic E-state index is 0. The van der Waals surface area contributed by atoms with E-state index >= 15 is 0 Å². The van der Waals surface area contributed by atoms with Gasteiger partial charge in [-0.3, -0.25) is 11.1 Å². The van der Waals surface area contributed by atoms with E-state index in [1.165, 1.54) is 0 Å². The third-order valence-corrected chi connectivity index (χ3v) is 7.37. The van der Waals surface area contributed by atoms with Crippen molar-refractivity contribution in [1.29, 1.82) is 0 Å². The van der Waals surface area contributed by atoms with Gasteiger partial charge in [0.1, 0.15) is 5.69 Å². The van der Waals surface area contributed by atoms with Crippen LogP contribution in [0.15, 0.2) is 127 Å². The van der Waals surface area contributed by atoms with E-state index in [4.69, 9.17) is 15.9 Å². The fourth-order valence-corrected chi connectivity index (χ4v) is 4.90. The number of thioether (sulfide) groups is 1. The van der Waals surface area contributed by atoms with Crippen LogP contribution < -0.4 is 9.47 Å². The first kappa shape index (κ1) is 37.1. The molecule has 0 amide bonds. The Morgan fingerprint density at radius 2 is 1.53 bits per heavy atom. The van der Waals surface area contributed by atoms with E-state index in [9.17, 15) is 0 Å². The number of ether oxygens (including phenoxy) is 2. The Bertz CT molecular complexity index is 2150. The van der Waals surface area contributed by atoms with Crippen molar-refractivity contribution in [2.75, 3.05) is 13.3 Å². The summed E-state index contributed by atoms with van der Waals surface area (Å²) in [6, 6.07) is 50.3. The molecule has 6 aromatic rings. The topological polar surface area (TPSA) is 42.3 Å². The first-order chi connectivity index (χ1) is 23.1. The van der Waals surface area contributed by atoms with Crippen molar-refractivity contribution >= 4 is 23.5 Å². The van der Waals surface area contributed by atoms with Crippen LogP contribution in [-0.2, 0) is 42.1 Å². The Labute approximate surface area is 320 Å². The average molecular weight is 1020 g/mol. The van der Waals surface area contributed by atoms with Gasteiger partial charge < -0.3 is 25.4 Å². The zero-order valence-corrected chi connectivity index (χ0v) is 31.6. The summed E-state index contributed by atoms with van der Waals surface area (Å²) in [5.41, 5.74) is 4.08. The summed E-state index contributed by atoms with van der Waals surface area (Å²) in [6.45, 7) is 0. The van der Waals surface area contributed by atoms with Crippen LogP contribution in [0.5, 0.6) is 23.0 Å². The minimum atomic E-state index is 0. The molecule has 4 aromatic carbocycles. The summed E-state index contributed by atoms with van der Waals surface area (Å²) < 4.78 is 17.4. The van der Waals surface area contributed by atoms with Gasteiger partial charge >= 0.3 is 48.1 Å². The Morgan fingerprint density at radius 3 is 2.22 bits per heavy atom. The van der Waals surface area contributed by atoms with Gasteiger partial charge in [0, 0.05) is 35.4 Å². The number of hydrogen-bond acceptors (Lipinski definition) is 4. The standard InChI is InChI=1S/C34H22N3O2S.C6H4N.2Pt/c1-36-16-17-37(24-36)28-9-7-13-31(22-28)39-32-19-27(20-33(23-32)40-2)34-21-26(14-15-35-34)25-8-6-12-30(18-25)38-29-10-4-3-5-11-29;1-2-7-5-3-4-6-7;;/h3-10,12-13,15-17,20-21,23H,1-2H3;3-6H;;/q-3;-1;+2;+4. The number of pyridine rings is 1. The molecular weight excluding hydrogens is 991 g/mol. The number of nitrogens with zero attached hydrogens (tertiary/aromatic N) is 4. The normalized spacial score (nSPS) is 11.0. The molecule has 2 aromatic heterocycles. The van der Waals surface area contributed by atoms with E-state index in [1.807, 2.05) is 126 Å². The summed E-state index contributed by atoms with van der Waals surface area (Å²) in [7, 11) is 1.92. The molecule has 6 nitrogen and oxygen atoms in total. The molecule has 0 bridgehead atoms. The van der Waals surface area contributed by atoms with Crippen molar-refractivity contribution in [3.63, 3.8) is 0 Å². The average Bonchev–Trinajstić information content (AvgIpc) is 3.81. The first-order valence-corrected chi connectivity index (χ1v) is 15.7. The summed E-state index contributed by atoms with van der Waals surface area (Å²) in [4.78, 5) is 5.62. The van der Waals surface area contributed by atoms with Gasteiger partial charge in [0.05, 0.1) is 0 Å². The van der Waals surface area contributed by atoms with Gasteiger partial charge in [-0.2, -0.15) is 36.4 Å². The maximum atomic E-state index is 6.57. The van der Waals surface area contributed by atoms with Crippen LogP contribution in [-0.4, -0.2) is 38.0 Å². The Kier molecular flexibility index (Phi) is 13.8. The molecule has 0 spiro atoms. The number of hydrogen-bond donors (Lipinski definition) is 0. The predicted octanol–water partition coefficient (Wildman–Crippen LogP) is 8.55. The summed E-state index contributed by atoms with van der Waals surface area (Å²) in [5, 5.41) is 0. The molecule has 0 radical (unpaired) electrons.